The molecule has 5 N–H and O–H groups in total. The van der Waals surface area contributed by atoms with Gasteiger partial charge in [0.1, 0.15) is 0 Å². The number of hydrogen-bond acceptors (Lipinski definition) is 3. The Bertz CT molecular complexity index is 350. The molecule has 1 rings (SSSR count). The van der Waals surface area contributed by atoms with Gasteiger partial charge in [-0.05, 0) is 36.5 Å². The first-order valence-electron chi connectivity index (χ1n) is 3.74. The maximum atomic E-state index is 10.5. The summed E-state index contributed by atoms with van der Waals surface area (Å²) >= 11 is 4.57. The van der Waals surface area contributed by atoms with Crippen molar-refractivity contribution in [2.45, 2.75) is 0 Å². The van der Waals surface area contributed by atoms with Gasteiger partial charge in [0.2, 0.25) is 0 Å². The minimum Gasteiger partial charge on any atom is -0.478 e. The Morgan fingerprint density at radius 3 is 2.36 bits per heavy atom. The second-order valence-electron chi connectivity index (χ2n) is 2.50. The van der Waals surface area contributed by atoms with Crippen LogP contribution in [0.25, 0.3) is 0 Å². The summed E-state index contributed by atoms with van der Waals surface area (Å²) in [5.41, 5.74) is 11.3. The zero-order chi connectivity index (χ0) is 10.6. The highest BCUT2D eigenvalue weighted by Gasteiger charge is 2.00. The van der Waals surface area contributed by atoms with Crippen LogP contribution in [-0.4, -0.2) is 16.2 Å². The van der Waals surface area contributed by atoms with Crippen LogP contribution >= 0.6 is 12.2 Å². The minimum absolute atomic E-state index is 0.118. The van der Waals surface area contributed by atoms with E-state index in [2.05, 4.69) is 23.1 Å². The van der Waals surface area contributed by atoms with Crippen molar-refractivity contribution in [1.82, 2.24) is 5.43 Å². The van der Waals surface area contributed by atoms with Gasteiger partial charge in [-0.25, -0.2) is 4.79 Å². The fraction of sp³-hybridized carbons (Fsp3) is 0. The number of hydrogen-bond donors (Lipinski definition) is 4. The Labute approximate surface area is 85.9 Å². The third kappa shape index (κ3) is 2.91. The Kier molecular flexibility index (Phi) is 3.24. The van der Waals surface area contributed by atoms with Crippen molar-refractivity contribution in [2.24, 2.45) is 5.73 Å². The lowest BCUT2D eigenvalue weighted by Gasteiger charge is -2.07. The Morgan fingerprint density at radius 1 is 1.36 bits per heavy atom. The van der Waals surface area contributed by atoms with Crippen molar-refractivity contribution >= 4 is 29.0 Å². The molecule has 6 heteroatoms. The summed E-state index contributed by atoms with van der Waals surface area (Å²) in [5, 5.41) is 8.73. The fourth-order valence-electron chi connectivity index (χ4n) is 0.830. The van der Waals surface area contributed by atoms with E-state index < -0.39 is 5.97 Å². The second kappa shape index (κ2) is 4.43. The van der Waals surface area contributed by atoms with E-state index in [1.54, 1.807) is 12.1 Å². The van der Waals surface area contributed by atoms with Crippen LogP contribution in [0, 0.1) is 0 Å². The van der Waals surface area contributed by atoms with E-state index in [1.165, 1.54) is 12.1 Å². The molecule has 0 fully saturated rings. The molecule has 0 amide bonds. The number of anilines is 1. The number of carboxylic acids is 1. The quantitative estimate of drug-likeness (QED) is 0.431. The number of carbonyl (C=O) groups is 1. The van der Waals surface area contributed by atoms with E-state index in [1.807, 2.05) is 0 Å². The van der Waals surface area contributed by atoms with Crippen LogP contribution in [0.2, 0.25) is 0 Å². The van der Waals surface area contributed by atoms with Gasteiger partial charge in [0.25, 0.3) is 0 Å². The van der Waals surface area contributed by atoms with Gasteiger partial charge in [0.15, 0.2) is 5.11 Å². The van der Waals surface area contributed by atoms with E-state index in [0.717, 1.165) is 0 Å². The fourth-order valence-corrected chi connectivity index (χ4v) is 0.881. The summed E-state index contributed by atoms with van der Waals surface area (Å²) in [5.74, 6) is -0.959. The van der Waals surface area contributed by atoms with Crippen LogP contribution in [-0.2, 0) is 0 Å². The molecule has 0 spiro atoms. The number of thiocarbonyl (C=S) groups is 1. The average molecular weight is 211 g/mol. The largest absolute Gasteiger partial charge is 0.478 e. The minimum atomic E-state index is -0.959. The molecule has 0 aliphatic heterocycles. The molecule has 0 aliphatic carbocycles. The van der Waals surface area contributed by atoms with Gasteiger partial charge in [-0.15, -0.1) is 0 Å². The summed E-state index contributed by atoms with van der Waals surface area (Å²) < 4.78 is 0. The van der Waals surface area contributed by atoms with Crippen molar-refractivity contribution in [3.63, 3.8) is 0 Å². The molecular formula is C8H9N3O2S. The van der Waals surface area contributed by atoms with E-state index in [4.69, 9.17) is 10.8 Å². The maximum absolute atomic E-state index is 10.5. The summed E-state index contributed by atoms with van der Waals surface area (Å²) in [7, 11) is 0. The SMILES string of the molecule is NC(=S)NNc1ccc(C(=O)O)cc1. The number of hydrazine groups is 1. The van der Waals surface area contributed by atoms with Gasteiger partial charge in [-0.1, -0.05) is 0 Å². The Balaban J connectivity index is 2.64. The van der Waals surface area contributed by atoms with Crippen LogP contribution in [0.5, 0.6) is 0 Å². The lowest BCUT2D eigenvalue weighted by molar-refractivity contribution is 0.0697. The smallest absolute Gasteiger partial charge is 0.335 e. The molecule has 74 valence electrons. The van der Waals surface area contributed by atoms with E-state index >= 15 is 0 Å². The first-order valence-corrected chi connectivity index (χ1v) is 4.15. The predicted octanol–water partition coefficient (Wildman–Crippen LogP) is 0.545. The van der Waals surface area contributed by atoms with Crippen molar-refractivity contribution in [3.8, 4) is 0 Å². The maximum Gasteiger partial charge on any atom is 0.335 e. The molecule has 5 nitrogen and oxygen atoms in total. The van der Waals surface area contributed by atoms with Gasteiger partial charge >= 0.3 is 5.97 Å². The molecule has 14 heavy (non-hydrogen) atoms. The molecule has 0 aliphatic rings. The molecular weight excluding hydrogens is 202 g/mol. The molecule has 0 atom stereocenters. The molecule has 0 radical (unpaired) electrons. The topological polar surface area (TPSA) is 87.4 Å². The number of rotatable bonds is 3. The monoisotopic (exact) mass is 211 g/mol. The van der Waals surface area contributed by atoms with Crippen molar-refractivity contribution in [3.05, 3.63) is 29.8 Å². The third-order valence-corrected chi connectivity index (χ3v) is 1.56. The number of nitrogens with one attached hydrogen (secondary N) is 2. The highest BCUT2D eigenvalue weighted by atomic mass is 32.1. The van der Waals surface area contributed by atoms with E-state index in [9.17, 15) is 4.79 Å². The van der Waals surface area contributed by atoms with Crippen molar-refractivity contribution in [1.29, 1.82) is 0 Å². The van der Waals surface area contributed by atoms with Crippen LogP contribution in [0.15, 0.2) is 24.3 Å². The van der Waals surface area contributed by atoms with Crippen LogP contribution < -0.4 is 16.6 Å². The molecule has 0 aromatic heterocycles. The molecule has 1 aromatic rings. The first-order chi connectivity index (χ1) is 6.59. The first kappa shape index (κ1) is 10.3. The second-order valence-corrected chi connectivity index (χ2v) is 2.94. The summed E-state index contributed by atoms with van der Waals surface area (Å²) in [6.07, 6.45) is 0. The molecule has 0 bridgehead atoms. The summed E-state index contributed by atoms with van der Waals surface area (Å²) in [6, 6.07) is 6.17. The van der Waals surface area contributed by atoms with Crippen LogP contribution in [0.4, 0.5) is 5.69 Å². The normalized spacial score (nSPS) is 9.14. The molecule has 0 heterocycles. The van der Waals surface area contributed by atoms with Crippen molar-refractivity contribution in [2.75, 3.05) is 5.43 Å². The summed E-state index contributed by atoms with van der Waals surface area (Å²) in [4.78, 5) is 10.5. The van der Waals surface area contributed by atoms with Gasteiger partial charge in [0.05, 0.1) is 11.3 Å². The van der Waals surface area contributed by atoms with Gasteiger partial charge < -0.3 is 10.8 Å². The molecule has 0 unspecified atom stereocenters. The highest BCUT2D eigenvalue weighted by Crippen LogP contribution is 2.07. The van der Waals surface area contributed by atoms with Gasteiger partial charge in [-0.3, -0.25) is 10.9 Å². The molecule has 0 saturated carbocycles. The van der Waals surface area contributed by atoms with Crippen LogP contribution in [0.1, 0.15) is 10.4 Å². The number of aromatic carboxylic acids is 1. The molecule has 0 saturated heterocycles. The highest BCUT2D eigenvalue weighted by molar-refractivity contribution is 7.80. The van der Waals surface area contributed by atoms with Gasteiger partial charge in [-0.2, -0.15) is 0 Å². The number of benzene rings is 1. The third-order valence-electron chi connectivity index (χ3n) is 1.46. The zero-order valence-electron chi connectivity index (χ0n) is 7.15. The van der Waals surface area contributed by atoms with Gasteiger partial charge in [0, 0.05) is 0 Å². The molecule has 1 aromatic carbocycles. The Morgan fingerprint density at radius 2 is 1.93 bits per heavy atom. The zero-order valence-corrected chi connectivity index (χ0v) is 7.97. The summed E-state index contributed by atoms with van der Waals surface area (Å²) in [6.45, 7) is 0. The van der Waals surface area contributed by atoms with E-state index in [-0.39, 0.29) is 10.7 Å². The lowest BCUT2D eigenvalue weighted by atomic mass is 10.2. The van der Waals surface area contributed by atoms with E-state index in [0.29, 0.717) is 5.69 Å². The van der Waals surface area contributed by atoms with Crippen molar-refractivity contribution < 1.29 is 9.90 Å². The predicted molar refractivity (Wildman–Crippen MR) is 56.9 cm³/mol. The lowest BCUT2D eigenvalue weighted by Crippen LogP contribution is -2.33. The number of carboxylic acid groups (broad SMARTS) is 1. The Hall–Kier alpha value is -1.82. The number of nitrogens with two attached hydrogens (primary N) is 1. The standard InChI is InChI=1S/C8H9N3O2S/c9-8(14)11-10-6-3-1-5(2-4-6)7(12)13/h1-4,10H,(H,12,13)(H3,9,11,14). The van der Waals surface area contributed by atoms with Crippen LogP contribution in [0.3, 0.4) is 0 Å². The average Bonchev–Trinajstić information content (AvgIpc) is 2.15.